The maximum Gasteiger partial charge on any atom is 0.224 e. The summed E-state index contributed by atoms with van der Waals surface area (Å²) in [7, 11) is 0. The van der Waals surface area contributed by atoms with Crippen LogP contribution in [0.5, 0.6) is 0 Å². The lowest BCUT2D eigenvalue weighted by Gasteiger charge is -2.20. The summed E-state index contributed by atoms with van der Waals surface area (Å²) in [6.07, 6.45) is 0.926. The highest BCUT2D eigenvalue weighted by Crippen LogP contribution is 2.33. The minimum atomic E-state index is 0.0850. The largest absolute Gasteiger partial charge is 0.399 e. The number of hydrogen-bond donors (Lipinski definition) is 1. The molecular weight excluding hydrogens is 176 g/mol. The molecule has 0 aliphatic carbocycles. The molecule has 2 N–H and O–H groups in total. The van der Waals surface area contributed by atoms with E-state index in [1.807, 2.05) is 23.1 Å². The Morgan fingerprint density at radius 3 is 2.93 bits per heavy atom. The summed E-state index contributed by atoms with van der Waals surface area (Å²) in [4.78, 5) is 13.2. The number of rotatable bonds is 0. The van der Waals surface area contributed by atoms with Gasteiger partial charge in [-0.3, -0.25) is 4.79 Å². The minimum Gasteiger partial charge on any atom is -0.399 e. The van der Waals surface area contributed by atoms with Crippen LogP contribution < -0.4 is 10.6 Å². The Kier molecular flexibility index (Phi) is 1.95. The second kappa shape index (κ2) is 3.01. The first-order chi connectivity index (χ1) is 6.59. The van der Waals surface area contributed by atoms with Gasteiger partial charge in [-0.15, -0.1) is 0 Å². The summed E-state index contributed by atoms with van der Waals surface area (Å²) in [5.74, 6) is 0.0850. The van der Waals surface area contributed by atoms with Gasteiger partial charge in [0.2, 0.25) is 5.91 Å². The molecule has 3 nitrogen and oxygen atoms in total. The van der Waals surface area contributed by atoms with E-state index in [4.69, 9.17) is 5.73 Å². The van der Waals surface area contributed by atoms with Crippen LogP contribution in [0.25, 0.3) is 0 Å². The van der Waals surface area contributed by atoms with E-state index >= 15 is 0 Å². The molecule has 0 fully saturated rings. The predicted octanol–water partition coefficient (Wildman–Crippen LogP) is 1.57. The van der Waals surface area contributed by atoms with Gasteiger partial charge in [0.15, 0.2) is 0 Å². The van der Waals surface area contributed by atoms with Gasteiger partial charge in [0.25, 0.3) is 0 Å². The van der Waals surface area contributed by atoms with Gasteiger partial charge in [0.1, 0.15) is 0 Å². The average Bonchev–Trinajstić information content (AvgIpc) is 2.40. The summed E-state index contributed by atoms with van der Waals surface area (Å²) < 4.78 is 0. The molecule has 0 spiro atoms. The van der Waals surface area contributed by atoms with Crippen LogP contribution in [0.2, 0.25) is 0 Å². The van der Waals surface area contributed by atoms with Gasteiger partial charge < -0.3 is 10.6 Å². The molecular formula is C11H14N2O. The van der Waals surface area contributed by atoms with E-state index in [-0.39, 0.29) is 11.9 Å². The van der Waals surface area contributed by atoms with Gasteiger partial charge in [-0.25, -0.2) is 0 Å². The van der Waals surface area contributed by atoms with Gasteiger partial charge in [-0.05, 0) is 31.0 Å². The molecule has 0 saturated heterocycles. The lowest BCUT2D eigenvalue weighted by Crippen LogP contribution is -2.33. The maximum atomic E-state index is 11.4. The quantitative estimate of drug-likeness (QED) is 0.631. The normalized spacial score (nSPS) is 19.6. The third-order valence-corrected chi connectivity index (χ3v) is 2.66. The Labute approximate surface area is 83.5 Å². The number of benzene rings is 1. The summed E-state index contributed by atoms with van der Waals surface area (Å²) in [5.41, 5.74) is 8.60. The highest BCUT2D eigenvalue weighted by Gasteiger charge is 2.28. The van der Waals surface area contributed by atoms with E-state index in [0.29, 0.717) is 5.69 Å². The second-order valence-electron chi connectivity index (χ2n) is 3.83. The third-order valence-electron chi connectivity index (χ3n) is 2.66. The van der Waals surface area contributed by atoms with Crippen LogP contribution in [-0.2, 0) is 11.2 Å². The molecule has 0 saturated carbocycles. The summed E-state index contributed by atoms with van der Waals surface area (Å²) in [6, 6.07) is 6.02. The number of hydrogen-bond acceptors (Lipinski definition) is 2. The van der Waals surface area contributed by atoms with Gasteiger partial charge in [0, 0.05) is 24.3 Å². The van der Waals surface area contributed by atoms with Crippen molar-refractivity contribution in [1.29, 1.82) is 0 Å². The molecule has 74 valence electrons. The van der Waals surface area contributed by atoms with Crippen molar-refractivity contribution in [3.63, 3.8) is 0 Å². The topological polar surface area (TPSA) is 46.3 Å². The number of fused-ring (bicyclic) bond motifs is 1. The van der Waals surface area contributed by atoms with Crippen molar-refractivity contribution in [2.45, 2.75) is 26.3 Å². The van der Waals surface area contributed by atoms with Crippen LogP contribution in [0, 0.1) is 0 Å². The fraction of sp³-hybridized carbons (Fsp3) is 0.364. The minimum absolute atomic E-state index is 0.0850. The number of nitrogens with zero attached hydrogens (tertiary/aromatic N) is 1. The first-order valence-electron chi connectivity index (χ1n) is 4.78. The van der Waals surface area contributed by atoms with Crippen LogP contribution in [0.3, 0.4) is 0 Å². The van der Waals surface area contributed by atoms with E-state index < -0.39 is 0 Å². The highest BCUT2D eigenvalue weighted by molar-refractivity contribution is 5.95. The zero-order chi connectivity index (χ0) is 10.3. The molecule has 0 aromatic heterocycles. The zero-order valence-electron chi connectivity index (χ0n) is 8.45. The Hall–Kier alpha value is -1.51. The molecule has 1 heterocycles. The molecule has 3 heteroatoms. The number of anilines is 2. The SMILES string of the molecule is CC(=O)N1c2cc(N)ccc2C[C@H]1C. The number of nitrogens with two attached hydrogens (primary N) is 1. The molecule has 1 atom stereocenters. The molecule has 0 unspecified atom stereocenters. The van der Waals surface area contributed by atoms with Gasteiger partial charge in [0.05, 0.1) is 0 Å². The smallest absolute Gasteiger partial charge is 0.224 e. The molecule has 0 bridgehead atoms. The fourth-order valence-corrected chi connectivity index (χ4v) is 2.10. The number of nitrogen functional groups attached to an aromatic ring is 1. The average molecular weight is 190 g/mol. The highest BCUT2D eigenvalue weighted by atomic mass is 16.2. The van der Waals surface area contributed by atoms with Crippen molar-refractivity contribution in [1.82, 2.24) is 0 Å². The van der Waals surface area contributed by atoms with Gasteiger partial charge in [-0.1, -0.05) is 6.07 Å². The second-order valence-corrected chi connectivity index (χ2v) is 3.83. The molecule has 1 aromatic carbocycles. The lowest BCUT2D eigenvalue weighted by atomic mass is 10.1. The molecule has 1 aliphatic heterocycles. The van der Waals surface area contributed by atoms with E-state index in [0.717, 1.165) is 12.1 Å². The monoisotopic (exact) mass is 190 g/mol. The third kappa shape index (κ3) is 1.25. The lowest BCUT2D eigenvalue weighted by molar-refractivity contribution is -0.116. The van der Waals surface area contributed by atoms with Crippen LogP contribution in [0.4, 0.5) is 11.4 Å². The van der Waals surface area contributed by atoms with Gasteiger partial charge in [-0.2, -0.15) is 0 Å². The molecule has 14 heavy (non-hydrogen) atoms. The predicted molar refractivity (Wildman–Crippen MR) is 57.2 cm³/mol. The van der Waals surface area contributed by atoms with Crippen molar-refractivity contribution in [2.75, 3.05) is 10.6 Å². The van der Waals surface area contributed by atoms with Crippen molar-refractivity contribution in [3.05, 3.63) is 23.8 Å². The molecule has 1 aliphatic rings. The van der Waals surface area contributed by atoms with E-state index in [1.165, 1.54) is 5.56 Å². The van der Waals surface area contributed by atoms with Crippen LogP contribution >= 0.6 is 0 Å². The van der Waals surface area contributed by atoms with Crippen LogP contribution in [-0.4, -0.2) is 11.9 Å². The standard InChI is InChI=1S/C11H14N2O/c1-7-5-9-3-4-10(12)6-11(9)13(7)8(2)14/h3-4,6-7H,5,12H2,1-2H3/t7-/m1/s1. The summed E-state index contributed by atoms with van der Waals surface area (Å²) >= 11 is 0. The number of amides is 1. The van der Waals surface area contributed by atoms with Gasteiger partial charge >= 0.3 is 0 Å². The first-order valence-corrected chi connectivity index (χ1v) is 4.78. The van der Waals surface area contributed by atoms with Crippen LogP contribution in [0.15, 0.2) is 18.2 Å². The van der Waals surface area contributed by atoms with E-state index in [9.17, 15) is 4.79 Å². The molecule has 1 aromatic rings. The Bertz CT molecular complexity index is 387. The number of carbonyl (C=O) groups excluding carboxylic acids is 1. The van der Waals surface area contributed by atoms with E-state index in [2.05, 4.69) is 6.92 Å². The van der Waals surface area contributed by atoms with Crippen molar-refractivity contribution in [3.8, 4) is 0 Å². The fourth-order valence-electron chi connectivity index (χ4n) is 2.10. The van der Waals surface area contributed by atoms with Crippen molar-refractivity contribution in [2.24, 2.45) is 0 Å². The zero-order valence-corrected chi connectivity index (χ0v) is 8.45. The summed E-state index contributed by atoms with van der Waals surface area (Å²) in [5, 5.41) is 0. The van der Waals surface area contributed by atoms with Crippen molar-refractivity contribution < 1.29 is 4.79 Å². The summed E-state index contributed by atoms with van der Waals surface area (Å²) in [6.45, 7) is 3.65. The molecule has 0 radical (unpaired) electrons. The maximum absolute atomic E-state index is 11.4. The van der Waals surface area contributed by atoms with Crippen molar-refractivity contribution >= 4 is 17.3 Å². The number of carbonyl (C=O) groups is 1. The Morgan fingerprint density at radius 2 is 2.29 bits per heavy atom. The van der Waals surface area contributed by atoms with E-state index in [1.54, 1.807) is 6.92 Å². The Morgan fingerprint density at radius 1 is 1.57 bits per heavy atom. The molecule has 2 rings (SSSR count). The first kappa shape index (κ1) is 9.06. The molecule has 1 amide bonds. The van der Waals surface area contributed by atoms with Crippen LogP contribution in [0.1, 0.15) is 19.4 Å². The Balaban J connectivity index is 2.49.